The van der Waals surface area contributed by atoms with Gasteiger partial charge in [0.2, 0.25) is 5.91 Å². The Morgan fingerprint density at radius 2 is 2.12 bits per heavy atom. The third-order valence-corrected chi connectivity index (χ3v) is 3.99. The van der Waals surface area contributed by atoms with Crippen molar-refractivity contribution in [2.75, 3.05) is 10.6 Å². The van der Waals surface area contributed by atoms with Gasteiger partial charge in [0, 0.05) is 18.5 Å². The number of amides is 2. The normalized spacial score (nSPS) is 14.7. The molecular formula is C16H14N4O4. The number of aromatic nitrogens is 1. The van der Waals surface area contributed by atoms with Gasteiger partial charge in [-0.25, -0.2) is 0 Å². The molecule has 2 amide bonds. The number of benzene rings is 1. The van der Waals surface area contributed by atoms with E-state index in [1.165, 1.54) is 24.5 Å². The molecule has 1 aliphatic heterocycles. The number of carbonyl (C=O) groups excluding carboxylic acids is 2. The van der Waals surface area contributed by atoms with Gasteiger partial charge in [-0.1, -0.05) is 0 Å². The lowest BCUT2D eigenvalue weighted by atomic mass is 9.86. The molecule has 0 atom stereocenters. The maximum atomic E-state index is 12.3. The van der Waals surface area contributed by atoms with Crippen LogP contribution in [0.1, 0.15) is 29.8 Å². The van der Waals surface area contributed by atoms with Crippen molar-refractivity contribution in [3.63, 3.8) is 0 Å². The maximum absolute atomic E-state index is 12.3. The van der Waals surface area contributed by atoms with Crippen LogP contribution in [0.3, 0.4) is 0 Å². The number of fused-ring (bicyclic) bond motifs is 1. The lowest BCUT2D eigenvalue weighted by Gasteiger charge is -2.16. The summed E-state index contributed by atoms with van der Waals surface area (Å²) in [4.78, 5) is 38.8. The Balaban J connectivity index is 2.04. The van der Waals surface area contributed by atoms with Crippen molar-refractivity contribution in [3.8, 4) is 0 Å². The van der Waals surface area contributed by atoms with Crippen LogP contribution in [-0.4, -0.2) is 21.7 Å². The van der Waals surface area contributed by atoms with E-state index in [9.17, 15) is 19.7 Å². The van der Waals surface area contributed by atoms with Crippen molar-refractivity contribution in [3.05, 3.63) is 57.9 Å². The molecule has 0 radical (unpaired) electrons. The summed E-state index contributed by atoms with van der Waals surface area (Å²) in [5.41, 5.74) is 0.177. The van der Waals surface area contributed by atoms with E-state index in [1.807, 2.05) is 0 Å². The second-order valence-corrected chi connectivity index (χ2v) is 5.95. The van der Waals surface area contributed by atoms with E-state index in [0.717, 1.165) is 0 Å². The lowest BCUT2D eigenvalue weighted by molar-refractivity contribution is -0.383. The van der Waals surface area contributed by atoms with Crippen LogP contribution in [0.25, 0.3) is 0 Å². The SMILES string of the molecule is CC1(C)C(=O)Nc2cc([N+](=O)[O-])c(NC(=O)c3cccnc3)cc21. The quantitative estimate of drug-likeness (QED) is 0.664. The Hall–Kier alpha value is -3.29. The average Bonchev–Trinajstić information content (AvgIpc) is 2.77. The number of hydrogen-bond acceptors (Lipinski definition) is 5. The standard InChI is InChI=1S/C16H14N4O4/c1-16(2)10-6-12(18-14(21)9-4-3-5-17-8-9)13(20(23)24)7-11(10)19-15(16)22/h3-8H,1-2H3,(H,18,21)(H,19,22). The van der Waals surface area contributed by atoms with E-state index in [2.05, 4.69) is 15.6 Å². The van der Waals surface area contributed by atoms with Crippen LogP contribution in [0.5, 0.6) is 0 Å². The molecule has 8 heteroatoms. The van der Waals surface area contributed by atoms with E-state index in [1.54, 1.807) is 26.0 Å². The molecule has 24 heavy (non-hydrogen) atoms. The predicted molar refractivity (Wildman–Crippen MR) is 86.9 cm³/mol. The van der Waals surface area contributed by atoms with Crippen LogP contribution in [-0.2, 0) is 10.2 Å². The Bertz CT molecular complexity index is 862. The van der Waals surface area contributed by atoms with Gasteiger partial charge in [-0.05, 0) is 37.6 Å². The minimum atomic E-state index is -0.835. The van der Waals surface area contributed by atoms with Crippen molar-refractivity contribution in [2.45, 2.75) is 19.3 Å². The second-order valence-electron chi connectivity index (χ2n) is 5.95. The molecule has 122 valence electrons. The molecule has 0 fully saturated rings. The first-order chi connectivity index (χ1) is 11.3. The first-order valence-electron chi connectivity index (χ1n) is 7.16. The van der Waals surface area contributed by atoms with Gasteiger partial charge in [0.1, 0.15) is 5.69 Å². The monoisotopic (exact) mass is 326 g/mol. The van der Waals surface area contributed by atoms with E-state index in [0.29, 0.717) is 11.3 Å². The van der Waals surface area contributed by atoms with E-state index < -0.39 is 16.2 Å². The van der Waals surface area contributed by atoms with Crippen molar-refractivity contribution < 1.29 is 14.5 Å². The molecule has 1 aromatic heterocycles. The van der Waals surface area contributed by atoms with Crippen LogP contribution in [0.15, 0.2) is 36.7 Å². The largest absolute Gasteiger partial charge is 0.325 e. The summed E-state index contributed by atoms with van der Waals surface area (Å²) in [5.74, 6) is -0.760. The van der Waals surface area contributed by atoms with E-state index in [4.69, 9.17) is 0 Å². The van der Waals surface area contributed by atoms with E-state index >= 15 is 0 Å². The van der Waals surface area contributed by atoms with Gasteiger partial charge in [0.15, 0.2) is 0 Å². The zero-order chi connectivity index (χ0) is 17.5. The highest BCUT2D eigenvalue weighted by atomic mass is 16.6. The number of nitrogens with zero attached hydrogens (tertiary/aromatic N) is 2. The van der Waals surface area contributed by atoms with Crippen molar-refractivity contribution in [1.82, 2.24) is 4.98 Å². The van der Waals surface area contributed by atoms with Gasteiger partial charge in [0.25, 0.3) is 11.6 Å². The van der Waals surface area contributed by atoms with Gasteiger partial charge in [-0.15, -0.1) is 0 Å². The summed E-state index contributed by atoms with van der Waals surface area (Å²) in [6.45, 7) is 3.43. The lowest BCUT2D eigenvalue weighted by Crippen LogP contribution is -2.27. The number of nitro benzene ring substituents is 1. The molecule has 1 aliphatic rings. The van der Waals surface area contributed by atoms with Crippen molar-refractivity contribution >= 4 is 28.9 Å². The molecule has 0 unspecified atom stereocenters. The Labute approximate surface area is 137 Å². The van der Waals surface area contributed by atoms with Gasteiger partial charge in [0.05, 0.1) is 21.6 Å². The second kappa shape index (κ2) is 5.41. The summed E-state index contributed by atoms with van der Waals surface area (Å²) < 4.78 is 0. The summed E-state index contributed by atoms with van der Waals surface area (Å²) in [7, 11) is 0. The number of nitro groups is 1. The summed E-state index contributed by atoms with van der Waals surface area (Å²) in [5, 5.41) is 16.5. The number of nitrogens with one attached hydrogen (secondary N) is 2. The first-order valence-corrected chi connectivity index (χ1v) is 7.16. The maximum Gasteiger partial charge on any atom is 0.294 e. The molecule has 2 aromatic rings. The number of hydrogen-bond donors (Lipinski definition) is 2. The molecule has 0 spiro atoms. The minimum Gasteiger partial charge on any atom is -0.325 e. The fourth-order valence-corrected chi connectivity index (χ4v) is 2.55. The summed E-state index contributed by atoms with van der Waals surface area (Å²) >= 11 is 0. The van der Waals surface area contributed by atoms with Gasteiger partial charge in [-0.3, -0.25) is 24.7 Å². The highest BCUT2D eigenvalue weighted by Crippen LogP contribution is 2.42. The molecular weight excluding hydrogens is 312 g/mol. The Morgan fingerprint density at radius 1 is 1.38 bits per heavy atom. The predicted octanol–water partition coefficient (Wildman–Crippen LogP) is 2.47. The number of carbonyl (C=O) groups is 2. The molecule has 0 saturated heterocycles. The third-order valence-electron chi connectivity index (χ3n) is 3.99. The van der Waals surface area contributed by atoms with Crippen molar-refractivity contribution in [2.24, 2.45) is 0 Å². The van der Waals surface area contributed by atoms with Gasteiger partial charge >= 0.3 is 0 Å². The van der Waals surface area contributed by atoms with Crippen LogP contribution in [0.4, 0.5) is 17.1 Å². The number of pyridine rings is 1. The molecule has 0 aliphatic carbocycles. The zero-order valence-electron chi connectivity index (χ0n) is 13.0. The molecule has 8 nitrogen and oxygen atoms in total. The molecule has 2 N–H and O–H groups in total. The Kier molecular flexibility index (Phi) is 3.52. The fourth-order valence-electron chi connectivity index (χ4n) is 2.55. The summed E-state index contributed by atoms with van der Waals surface area (Å²) in [6, 6.07) is 5.88. The summed E-state index contributed by atoms with van der Waals surface area (Å²) in [6.07, 6.45) is 2.89. The number of anilines is 2. The van der Waals surface area contributed by atoms with Gasteiger partial charge < -0.3 is 10.6 Å². The molecule has 1 aromatic carbocycles. The smallest absolute Gasteiger partial charge is 0.294 e. The zero-order valence-corrected chi connectivity index (χ0v) is 13.0. The van der Waals surface area contributed by atoms with E-state index in [-0.39, 0.29) is 22.8 Å². The van der Waals surface area contributed by atoms with Crippen LogP contribution < -0.4 is 10.6 Å². The topological polar surface area (TPSA) is 114 Å². The highest BCUT2D eigenvalue weighted by molar-refractivity contribution is 6.09. The molecule has 3 rings (SSSR count). The van der Waals surface area contributed by atoms with Crippen LogP contribution >= 0.6 is 0 Å². The van der Waals surface area contributed by atoms with Crippen LogP contribution in [0.2, 0.25) is 0 Å². The minimum absolute atomic E-state index is 0.0391. The molecule has 2 heterocycles. The first kappa shape index (κ1) is 15.6. The van der Waals surface area contributed by atoms with Crippen molar-refractivity contribution in [1.29, 1.82) is 0 Å². The highest BCUT2D eigenvalue weighted by Gasteiger charge is 2.40. The van der Waals surface area contributed by atoms with Crippen LogP contribution in [0, 0.1) is 10.1 Å². The number of rotatable bonds is 3. The third kappa shape index (κ3) is 2.47. The Morgan fingerprint density at radius 3 is 2.75 bits per heavy atom. The fraction of sp³-hybridized carbons (Fsp3) is 0.188. The average molecular weight is 326 g/mol. The molecule has 0 saturated carbocycles. The molecule has 0 bridgehead atoms. The van der Waals surface area contributed by atoms with Gasteiger partial charge in [-0.2, -0.15) is 0 Å².